The lowest BCUT2D eigenvalue weighted by molar-refractivity contribution is -0.128. The molecular weight excluding hydrogens is 190 g/mol. The first-order chi connectivity index (χ1) is 6.97. The first-order valence-electron chi connectivity index (χ1n) is 5.30. The van der Waals surface area contributed by atoms with Crippen molar-refractivity contribution in [2.24, 2.45) is 5.41 Å². The van der Waals surface area contributed by atoms with Crippen LogP contribution in [0.25, 0.3) is 0 Å². The third-order valence-electron chi connectivity index (χ3n) is 2.50. The van der Waals surface area contributed by atoms with E-state index in [1.165, 1.54) is 0 Å². The lowest BCUT2D eigenvalue weighted by Crippen LogP contribution is -2.44. The van der Waals surface area contributed by atoms with Gasteiger partial charge in [-0.2, -0.15) is 5.26 Å². The highest BCUT2D eigenvalue weighted by molar-refractivity contribution is 5.81. The first-order valence-corrected chi connectivity index (χ1v) is 5.30. The molecule has 4 nitrogen and oxygen atoms in total. The Bertz CT molecular complexity index is 243. The van der Waals surface area contributed by atoms with Crippen LogP contribution in [0.5, 0.6) is 0 Å². The van der Waals surface area contributed by atoms with Crippen molar-refractivity contribution < 1.29 is 4.79 Å². The molecule has 0 saturated heterocycles. The van der Waals surface area contributed by atoms with E-state index in [2.05, 4.69) is 16.7 Å². The Hall–Kier alpha value is -1.08. The SMILES string of the molecule is CCC(CC#N)NCC(C)(C)C(=O)NC. The zero-order valence-electron chi connectivity index (χ0n) is 10.1. The molecule has 0 aromatic heterocycles. The molecule has 4 heteroatoms. The molecule has 0 bridgehead atoms. The molecule has 2 N–H and O–H groups in total. The van der Waals surface area contributed by atoms with Crippen molar-refractivity contribution >= 4 is 5.91 Å². The van der Waals surface area contributed by atoms with Crippen LogP contribution in [0.3, 0.4) is 0 Å². The normalized spacial score (nSPS) is 13.0. The number of hydrogen-bond acceptors (Lipinski definition) is 3. The summed E-state index contributed by atoms with van der Waals surface area (Å²) >= 11 is 0. The minimum Gasteiger partial charge on any atom is -0.359 e. The lowest BCUT2D eigenvalue weighted by Gasteiger charge is -2.25. The van der Waals surface area contributed by atoms with E-state index in [0.29, 0.717) is 13.0 Å². The average molecular weight is 211 g/mol. The molecule has 0 aromatic carbocycles. The van der Waals surface area contributed by atoms with E-state index in [0.717, 1.165) is 6.42 Å². The molecule has 0 aliphatic rings. The van der Waals surface area contributed by atoms with Crippen molar-refractivity contribution in [3.63, 3.8) is 0 Å². The fourth-order valence-corrected chi connectivity index (χ4v) is 1.29. The Morgan fingerprint density at radius 2 is 2.13 bits per heavy atom. The monoisotopic (exact) mass is 211 g/mol. The minimum atomic E-state index is -0.433. The Morgan fingerprint density at radius 1 is 1.53 bits per heavy atom. The second kappa shape index (κ2) is 6.41. The number of rotatable bonds is 6. The lowest BCUT2D eigenvalue weighted by atomic mass is 9.91. The van der Waals surface area contributed by atoms with Crippen LogP contribution < -0.4 is 10.6 Å². The summed E-state index contributed by atoms with van der Waals surface area (Å²) in [4.78, 5) is 11.5. The average Bonchev–Trinajstić information content (AvgIpc) is 2.22. The molecule has 86 valence electrons. The summed E-state index contributed by atoms with van der Waals surface area (Å²) in [6, 6.07) is 2.31. The summed E-state index contributed by atoms with van der Waals surface area (Å²) in [6.45, 7) is 6.39. The molecule has 0 heterocycles. The van der Waals surface area contributed by atoms with Crippen LogP contribution in [0, 0.1) is 16.7 Å². The van der Waals surface area contributed by atoms with Crippen molar-refractivity contribution in [3.8, 4) is 6.07 Å². The molecule has 1 atom stereocenters. The van der Waals surface area contributed by atoms with Gasteiger partial charge in [-0.1, -0.05) is 6.92 Å². The van der Waals surface area contributed by atoms with Gasteiger partial charge in [0.25, 0.3) is 0 Å². The molecule has 0 spiro atoms. The maximum absolute atomic E-state index is 11.5. The molecule has 0 radical (unpaired) electrons. The summed E-state index contributed by atoms with van der Waals surface area (Å²) in [5, 5.41) is 14.5. The second-order valence-corrected chi connectivity index (χ2v) is 4.31. The Morgan fingerprint density at radius 3 is 2.53 bits per heavy atom. The molecule has 1 amide bonds. The van der Waals surface area contributed by atoms with Crippen molar-refractivity contribution in [1.29, 1.82) is 5.26 Å². The van der Waals surface area contributed by atoms with E-state index in [1.54, 1.807) is 7.05 Å². The summed E-state index contributed by atoms with van der Waals surface area (Å²) in [5.41, 5.74) is -0.433. The van der Waals surface area contributed by atoms with Crippen molar-refractivity contribution in [2.75, 3.05) is 13.6 Å². The minimum absolute atomic E-state index is 0.0156. The number of carbonyl (C=O) groups excluding carboxylic acids is 1. The molecule has 0 aliphatic carbocycles. The highest BCUT2D eigenvalue weighted by atomic mass is 16.2. The smallest absolute Gasteiger partial charge is 0.226 e. The van der Waals surface area contributed by atoms with Crippen molar-refractivity contribution in [2.45, 2.75) is 39.7 Å². The van der Waals surface area contributed by atoms with Gasteiger partial charge in [-0.05, 0) is 20.3 Å². The molecule has 0 fully saturated rings. The Labute approximate surface area is 92.0 Å². The number of nitriles is 1. The highest BCUT2D eigenvalue weighted by Crippen LogP contribution is 2.14. The fourth-order valence-electron chi connectivity index (χ4n) is 1.29. The predicted octanol–water partition coefficient (Wildman–Crippen LogP) is 1.04. The van der Waals surface area contributed by atoms with Gasteiger partial charge in [0.2, 0.25) is 5.91 Å². The van der Waals surface area contributed by atoms with Crippen molar-refractivity contribution in [1.82, 2.24) is 10.6 Å². The van der Waals surface area contributed by atoms with Gasteiger partial charge in [-0.3, -0.25) is 4.79 Å². The number of amides is 1. The largest absolute Gasteiger partial charge is 0.359 e. The summed E-state index contributed by atoms with van der Waals surface area (Å²) in [5.74, 6) is 0.0156. The van der Waals surface area contributed by atoms with E-state index >= 15 is 0 Å². The van der Waals surface area contributed by atoms with E-state index in [-0.39, 0.29) is 11.9 Å². The highest BCUT2D eigenvalue weighted by Gasteiger charge is 2.26. The zero-order chi connectivity index (χ0) is 11.9. The van der Waals surface area contributed by atoms with E-state index in [1.807, 2.05) is 20.8 Å². The van der Waals surface area contributed by atoms with Gasteiger partial charge in [-0.25, -0.2) is 0 Å². The number of nitrogens with one attached hydrogen (secondary N) is 2. The van der Waals surface area contributed by atoms with Gasteiger partial charge in [-0.15, -0.1) is 0 Å². The maximum atomic E-state index is 11.5. The van der Waals surface area contributed by atoms with E-state index in [4.69, 9.17) is 5.26 Å². The van der Waals surface area contributed by atoms with Crippen LogP contribution in [0.4, 0.5) is 0 Å². The summed E-state index contributed by atoms with van der Waals surface area (Å²) < 4.78 is 0. The predicted molar refractivity (Wildman–Crippen MR) is 60.2 cm³/mol. The van der Waals surface area contributed by atoms with Crippen LogP contribution >= 0.6 is 0 Å². The Balaban J connectivity index is 4.12. The topological polar surface area (TPSA) is 64.9 Å². The van der Waals surface area contributed by atoms with E-state index < -0.39 is 5.41 Å². The van der Waals surface area contributed by atoms with Gasteiger partial charge in [0.15, 0.2) is 0 Å². The quantitative estimate of drug-likeness (QED) is 0.690. The third kappa shape index (κ3) is 4.80. The number of hydrogen-bond donors (Lipinski definition) is 2. The molecule has 15 heavy (non-hydrogen) atoms. The molecule has 0 rings (SSSR count). The Kier molecular flexibility index (Phi) is 5.95. The number of carbonyl (C=O) groups is 1. The maximum Gasteiger partial charge on any atom is 0.226 e. The van der Waals surface area contributed by atoms with Gasteiger partial charge in [0.05, 0.1) is 17.9 Å². The van der Waals surface area contributed by atoms with Crippen LogP contribution in [-0.2, 0) is 4.79 Å². The second-order valence-electron chi connectivity index (χ2n) is 4.31. The van der Waals surface area contributed by atoms with Gasteiger partial charge in [0.1, 0.15) is 0 Å². The van der Waals surface area contributed by atoms with Gasteiger partial charge < -0.3 is 10.6 Å². The molecular formula is C11H21N3O. The molecule has 1 unspecified atom stereocenters. The van der Waals surface area contributed by atoms with Crippen LogP contribution in [-0.4, -0.2) is 25.5 Å². The van der Waals surface area contributed by atoms with Crippen LogP contribution in [0.1, 0.15) is 33.6 Å². The molecule has 0 aliphatic heterocycles. The summed E-state index contributed by atoms with van der Waals surface area (Å²) in [6.07, 6.45) is 1.39. The van der Waals surface area contributed by atoms with Crippen LogP contribution in [0.2, 0.25) is 0 Å². The molecule has 0 aromatic rings. The van der Waals surface area contributed by atoms with Gasteiger partial charge >= 0.3 is 0 Å². The standard InChI is InChI=1S/C11H21N3O/c1-5-9(6-7-12)14-8-11(2,3)10(15)13-4/h9,14H,5-6,8H2,1-4H3,(H,13,15). The summed E-state index contributed by atoms with van der Waals surface area (Å²) in [7, 11) is 1.64. The number of nitrogens with zero attached hydrogens (tertiary/aromatic N) is 1. The van der Waals surface area contributed by atoms with E-state index in [9.17, 15) is 4.79 Å². The first kappa shape index (κ1) is 13.9. The molecule has 0 saturated carbocycles. The zero-order valence-corrected chi connectivity index (χ0v) is 10.1. The van der Waals surface area contributed by atoms with Crippen molar-refractivity contribution in [3.05, 3.63) is 0 Å². The fraction of sp³-hybridized carbons (Fsp3) is 0.818. The van der Waals surface area contributed by atoms with Crippen LogP contribution in [0.15, 0.2) is 0 Å². The van der Waals surface area contributed by atoms with Gasteiger partial charge in [0, 0.05) is 19.6 Å². The third-order valence-corrected chi connectivity index (χ3v) is 2.50.